The van der Waals surface area contributed by atoms with Crippen LogP contribution < -0.4 is 10.7 Å². The van der Waals surface area contributed by atoms with Gasteiger partial charge in [0.1, 0.15) is 0 Å². The fourth-order valence-corrected chi connectivity index (χ4v) is 6.06. The lowest BCUT2D eigenvalue weighted by Gasteiger charge is -2.37. The number of nitrogens with one attached hydrogen (secondary N) is 2. The van der Waals surface area contributed by atoms with E-state index in [0.717, 1.165) is 34.7 Å². The second-order valence-electron chi connectivity index (χ2n) is 10.1. The van der Waals surface area contributed by atoms with Gasteiger partial charge in [0.25, 0.3) is 0 Å². The summed E-state index contributed by atoms with van der Waals surface area (Å²) in [7, 11) is 1.39. The molecule has 3 aromatic rings. The molecule has 6 nitrogen and oxygen atoms in total. The zero-order valence-electron chi connectivity index (χ0n) is 22.4. The molecule has 200 valence electrons. The molecule has 5 rings (SSSR count). The number of aryl methyl sites for hydroxylation is 1. The molecule has 3 aromatic carbocycles. The van der Waals surface area contributed by atoms with Crippen LogP contribution in [0.4, 0.5) is 5.69 Å². The average molecular weight is 540 g/mol. The van der Waals surface area contributed by atoms with E-state index in [-0.39, 0.29) is 23.8 Å². The van der Waals surface area contributed by atoms with Crippen molar-refractivity contribution in [2.45, 2.75) is 38.0 Å². The first kappa shape index (κ1) is 26.8. The van der Waals surface area contributed by atoms with Crippen LogP contribution >= 0.6 is 11.8 Å². The summed E-state index contributed by atoms with van der Waals surface area (Å²) in [6.45, 7) is 3.99. The van der Waals surface area contributed by atoms with Gasteiger partial charge >= 0.3 is 5.97 Å². The standard InChI is InChI=1S/C32H33N3O3S/c1-20-7-9-22(10-8-20)18-39-19-30(36)35-34-21(2)25-15-16-29-28(17-25)26-5-4-6-27(26)31(33-29)23-11-13-24(14-12-23)32(37)38-3/h4-5,7-17,26-27,31,33H,6,18-19H2,1-3H3,(H,35,36)/t26-,27+,31+/m1/s1. The van der Waals surface area contributed by atoms with Gasteiger partial charge in [-0.3, -0.25) is 4.79 Å². The van der Waals surface area contributed by atoms with E-state index in [2.05, 4.69) is 71.3 Å². The van der Waals surface area contributed by atoms with Crippen molar-refractivity contribution in [3.63, 3.8) is 0 Å². The number of carbonyl (C=O) groups excluding carboxylic acids is 2. The molecule has 1 heterocycles. The van der Waals surface area contributed by atoms with Crippen molar-refractivity contribution in [2.75, 3.05) is 18.2 Å². The van der Waals surface area contributed by atoms with Crippen LogP contribution in [-0.2, 0) is 15.3 Å². The molecular weight excluding hydrogens is 506 g/mol. The maximum atomic E-state index is 12.4. The number of hydrogen-bond donors (Lipinski definition) is 2. The fourth-order valence-electron chi connectivity index (χ4n) is 5.28. The number of hydrazone groups is 1. The molecule has 1 amide bonds. The van der Waals surface area contributed by atoms with E-state index in [0.29, 0.717) is 17.2 Å². The van der Waals surface area contributed by atoms with Gasteiger partial charge in [-0.15, -0.1) is 11.8 Å². The van der Waals surface area contributed by atoms with Crippen LogP contribution in [0.15, 0.2) is 84.0 Å². The quantitative estimate of drug-likeness (QED) is 0.150. The molecule has 0 saturated heterocycles. The van der Waals surface area contributed by atoms with Crippen molar-refractivity contribution in [2.24, 2.45) is 11.0 Å². The lowest BCUT2D eigenvalue weighted by molar-refractivity contribution is -0.118. The van der Waals surface area contributed by atoms with Crippen LogP contribution in [0.3, 0.4) is 0 Å². The molecular formula is C32H33N3O3S. The van der Waals surface area contributed by atoms with E-state index in [1.807, 2.05) is 37.3 Å². The fraction of sp³-hybridized carbons (Fsp3) is 0.281. The molecule has 39 heavy (non-hydrogen) atoms. The van der Waals surface area contributed by atoms with E-state index >= 15 is 0 Å². The summed E-state index contributed by atoms with van der Waals surface area (Å²) in [6.07, 6.45) is 5.53. The molecule has 1 aliphatic heterocycles. The molecule has 0 spiro atoms. The van der Waals surface area contributed by atoms with Gasteiger partial charge in [0.2, 0.25) is 5.91 Å². The lowest BCUT2D eigenvalue weighted by atomic mass is 9.76. The third-order valence-corrected chi connectivity index (χ3v) is 8.45. The Bertz CT molecular complexity index is 1410. The largest absolute Gasteiger partial charge is 0.465 e. The van der Waals surface area contributed by atoms with E-state index in [1.165, 1.54) is 23.8 Å². The lowest BCUT2D eigenvalue weighted by Crippen LogP contribution is -2.29. The number of ether oxygens (including phenoxy) is 1. The van der Waals surface area contributed by atoms with Crippen molar-refractivity contribution < 1.29 is 14.3 Å². The second-order valence-corrected chi connectivity index (χ2v) is 11.1. The van der Waals surface area contributed by atoms with Crippen molar-refractivity contribution in [1.82, 2.24) is 5.43 Å². The van der Waals surface area contributed by atoms with Crippen molar-refractivity contribution >= 4 is 35.0 Å². The molecule has 7 heteroatoms. The number of thioether (sulfide) groups is 1. The van der Waals surface area contributed by atoms with Gasteiger partial charge in [0.15, 0.2) is 0 Å². The first-order chi connectivity index (χ1) is 18.9. The maximum absolute atomic E-state index is 12.4. The van der Waals surface area contributed by atoms with Crippen molar-refractivity contribution in [1.29, 1.82) is 0 Å². The smallest absolute Gasteiger partial charge is 0.337 e. The number of hydrogen-bond acceptors (Lipinski definition) is 6. The summed E-state index contributed by atoms with van der Waals surface area (Å²) in [5.74, 6) is 1.37. The molecule has 0 bridgehead atoms. The zero-order valence-corrected chi connectivity index (χ0v) is 23.3. The minimum atomic E-state index is -0.328. The summed E-state index contributed by atoms with van der Waals surface area (Å²) in [5, 5.41) is 8.12. The topological polar surface area (TPSA) is 79.8 Å². The van der Waals surface area contributed by atoms with Crippen LogP contribution in [0.5, 0.6) is 0 Å². The number of allylic oxidation sites excluding steroid dienone is 2. The van der Waals surface area contributed by atoms with Gasteiger partial charge in [-0.2, -0.15) is 5.10 Å². The normalized spacial score (nSPS) is 19.6. The highest BCUT2D eigenvalue weighted by Gasteiger charge is 2.38. The Hall–Kier alpha value is -3.84. The molecule has 2 N–H and O–H groups in total. The van der Waals surface area contributed by atoms with Crippen molar-refractivity contribution in [3.05, 3.63) is 112 Å². The minimum absolute atomic E-state index is 0.106. The van der Waals surface area contributed by atoms with Crippen molar-refractivity contribution in [3.8, 4) is 0 Å². The molecule has 0 radical (unpaired) electrons. The average Bonchev–Trinajstić information content (AvgIpc) is 3.46. The predicted octanol–water partition coefficient (Wildman–Crippen LogP) is 6.38. The van der Waals surface area contributed by atoms with E-state index in [4.69, 9.17) is 4.74 Å². The summed E-state index contributed by atoms with van der Waals surface area (Å²) < 4.78 is 4.84. The SMILES string of the molecule is COC(=O)c1ccc([C@@H]2Nc3ccc(C(C)=NNC(=O)CSCc4ccc(C)cc4)cc3[C@@H]3C=CC[C@@H]32)cc1. The van der Waals surface area contributed by atoms with Gasteiger partial charge < -0.3 is 10.1 Å². The third kappa shape index (κ3) is 6.09. The minimum Gasteiger partial charge on any atom is -0.465 e. The Morgan fingerprint density at radius 3 is 2.54 bits per heavy atom. The Kier molecular flexibility index (Phi) is 8.17. The maximum Gasteiger partial charge on any atom is 0.337 e. The highest BCUT2D eigenvalue weighted by atomic mass is 32.2. The summed E-state index contributed by atoms with van der Waals surface area (Å²) in [5.41, 5.74) is 11.0. The number of benzene rings is 3. The third-order valence-electron chi connectivity index (χ3n) is 7.44. The van der Waals surface area contributed by atoms with Gasteiger partial charge in [0, 0.05) is 17.4 Å². The second kappa shape index (κ2) is 11.9. The Balaban J connectivity index is 1.24. The van der Waals surface area contributed by atoms with Crippen LogP contribution in [0, 0.1) is 12.8 Å². The molecule has 1 aliphatic carbocycles. The highest BCUT2D eigenvalue weighted by Crippen LogP contribution is 2.50. The molecule has 0 unspecified atom stereocenters. The number of rotatable bonds is 8. The summed E-state index contributed by atoms with van der Waals surface area (Å²) in [4.78, 5) is 24.2. The zero-order chi connectivity index (χ0) is 27.4. The number of fused-ring (bicyclic) bond motifs is 3. The molecule has 0 saturated carbocycles. The molecule has 3 atom stereocenters. The summed E-state index contributed by atoms with van der Waals surface area (Å²) >= 11 is 1.58. The van der Waals surface area contributed by atoms with Crippen LogP contribution in [0.2, 0.25) is 0 Å². The molecule has 2 aliphatic rings. The molecule has 0 aromatic heterocycles. The molecule has 0 fully saturated rings. The number of methoxy groups -OCH3 is 1. The number of nitrogens with zero attached hydrogens (tertiary/aromatic N) is 1. The highest BCUT2D eigenvalue weighted by molar-refractivity contribution is 7.99. The first-order valence-electron chi connectivity index (χ1n) is 13.1. The number of amides is 1. The van der Waals surface area contributed by atoms with Crippen LogP contribution in [-0.4, -0.2) is 30.5 Å². The Morgan fingerprint density at radius 2 is 1.79 bits per heavy atom. The van der Waals surface area contributed by atoms with Crippen LogP contribution in [0.25, 0.3) is 0 Å². The monoisotopic (exact) mass is 539 g/mol. The number of esters is 1. The first-order valence-corrected chi connectivity index (χ1v) is 14.3. The van der Waals surface area contributed by atoms with Gasteiger partial charge in [-0.05, 0) is 72.7 Å². The predicted molar refractivity (Wildman–Crippen MR) is 158 cm³/mol. The van der Waals surface area contributed by atoms with E-state index in [9.17, 15) is 9.59 Å². The van der Waals surface area contributed by atoms with Gasteiger partial charge in [-0.1, -0.05) is 60.2 Å². The van der Waals surface area contributed by atoms with Gasteiger partial charge in [-0.25, -0.2) is 10.2 Å². The van der Waals surface area contributed by atoms with Gasteiger partial charge in [0.05, 0.1) is 30.2 Å². The van der Waals surface area contributed by atoms with E-state index in [1.54, 1.807) is 11.8 Å². The number of carbonyl (C=O) groups is 2. The Morgan fingerprint density at radius 1 is 1.05 bits per heavy atom. The van der Waals surface area contributed by atoms with E-state index < -0.39 is 0 Å². The summed E-state index contributed by atoms with van der Waals surface area (Å²) in [6, 6.07) is 22.5. The van der Waals surface area contributed by atoms with Crippen LogP contribution in [0.1, 0.15) is 63.5 Å². The Labute approximate surface area is 233 Å². The number of anilines is 1.